The quantitative estimate of drug-likeness (QED) is 0.629. The van der Waals surface area contributed by atoms with Gasteiger partial charge in [0, 0.05) is 38.9 Å². The summed E-state index contributed by atoms with van der Waals surface area (Å²) in [5.74, 6) is 0. The van der Waals surface area contributed by atoms with Crippen LogP contribution in [0.2, 0.25) is 0 Å². The van der Waals surface area contributed by atoms with Crippen LogP contribution in [0.5, 0.6) is 0 Å². The lowest BCUT2D eigenvalue weighted by Gasteiger charge is -2.17. The van der Waals surface area contributed by atoms with Crippen LogP contribution in [0.15, 0.2) is 71.9 Å². The maximum atomic E-state index is 12.3. The van der Waals surface area contributed by atoms with Gasteiger partial charge in [0.1, 0.15) is 0 Å². The predicted octanol–water partition coefficient (Wildman–Crippen LogP) is 2.75. The highest BCUT2D eigenvalue weighted by Crippen LogP contribution is 2.17. The van der Waals surface area contributed by atoms with Gasteiger partial charge in [-0.05, 0) is 36.9 Å². The maximum absolute atomic E-state index is 12.3. The second-order valence-electron chi connectivity index (χ2n) is 6.74. The number of hydrogen-bond donors (Lipinski definition) is 0. The van der Waals surface area contributed by atoms with Crippen molar-refractivity contribution in [2.75, 3.05) is 21.1 Å². The topological polar surface area (TPSA) is 58.4 Å². The molecule has 7 heteroatoms. The molecule has 3 rings (SSSR count). The average molecular weight is 385 g/mol. The molecule has 3 aromatic rings. The third-order valence-electron chi connectivity index (χ3n) is 4.24. The summed E-state index contributed by atoms with van der Waals surface area (Å²) in [5.41, 5.74) is 3.07. The zero-order chi connectivity index (χ0) is 19.4. The highest BCUT2D eigenvalue weighted by molar-refractivity contribution is 7.89. The minimum absolute atomic E-state index is 0.315. The molecule has 0 amide bonds. The molecule has 0 aliphatic heterocycles. The minimum Gasteiger partial charge on any atom is -0.298 e. The van der Waals surface area contributed by atoms with Crippen molar-refractivity contribution in [2.24, 2.45) is 0 Å². The number of benzene rings is 2. The molecule has 0 radical (unpaired) electrons. The second kappa shape index (κ2) is 8.04. The predicted molar refractivity (Wildman–Crippen MR) is 106 cm³/mol. The van der Waals surface area contributed by atoms with E-state index in [0.29, 0.717) is 11.4 Å². The van der Waals surface area contributed by atoms with Gasteiger partial charge < -0.3 is 0 Å². The van der Waals surface area contributed by atoms with Crippen molar-refractivity contribution in [1.82, 2.24) is 19.0 Å². The van der Waals surface area contributed by atoms with Crippen LogP contribution in [0.4, 0.5) is 0 Å². The Hall–Kier alpha value is -2.48. The van der Waals surface area contributed by atoms with E-state index in [9.17, 15) is 8.42 Å². The van der Waals surface area contributed by atoms with E-state index in [-0.39, 0.29) is 0 Å². The van der Waals surface area contributed by atoms with Crippen molar-refractivity contribution < 1.29 is 8.42 Å². The fourth-order valence-electron chi connectivity index (χ4n) is 2.86. The van der Waals surface area contributed by atoms with Gasteiger partial charge in [-0.25, -0.2) is 17.4 Å². The summed E-state index contributed by atoms with van der Waals surface area (Å²) in [7, 11) is 1.67. The Morgan fingerprint density at radius 2 is 1.63 bits per heavy atom. The number of nitrogens with zero attached hydrogens (tertiary/aromatic N) is 4. The molecule has 0 fully saturated rings. The van der Waals surface area contributed by atoms with E-state index in [2.05, 4.69) is 10.00 Å². The number of aromatic nitrogens is 2. The summed E-state index contributed by atoms with van der Waals surface area (Å²) >= 11 is 0. The van der Waals surface area contributed by atoms with Gasteiger partial charge in [0.25, 0.3) is 0 Å². The van der Waals surface area contributed by atoms with Crippen LogP contribution in [0.25, 0.3) is 5.69 Å². The Bertz CT molecular complexity index is 998. The van der Waals surface area contributed by atoms with Crippen molar-refractivity contribution >= 4 is 10.0 Å². The Morgan fingerprint density at radius 1 is 0.926 bits per heavy atom. The Labute approximate surface area is 160 Å². The summed E-state index contributed by atoms with van der Waals surface area (Å²) in [6, 6.07) is 17.1. The zero-order valence-electron chi connectivity index (χ0n) is 15.8. The summed E-state index contributed by atoms with van der Waals surface area (Å²) in [5, 5.41) is 4.42. The molecule has 1 aromatic heterocycles. The van der Waals surface area contributed by atoms with Crippen LogP contribution in [-0.4, -0.2) is 48.5 Å². The van der Waals surface area contributed by atoms with E-state index >= 15 is 0 Å². The number of para-hydroxylation sites is 1. The summed E-state index contributed by atoms with van der Waals surface area (Å²) in [6.07, 6.45) is 3.87. The lowest BCUT2D eigenvalue weighted by atomic mass is 10.2. The molecule has 27 heavy (non-hydrogen) atoms. The van der Waals surface area contributed by atoms with E-state index in [1.807, 2.05) is 60.5 Å². The van der Waals surface area contributed by atoms with Crippen molar-refractivity contribution in [3.63, 3.8) is 0 Å². The van der Waals surface area contributed by atoms with Gasteiger partial charge in [-0.3, -0.25) is 4.90 Å². The van der Waals surface area contributed by atoms with E-state index < -0.39 is 10.0 Å². The Kier molecular flexibility index (Phi) is 5.74. The largest absolute Gasteiger partial charge is 0.298 e. The molecule has 6 nitrogen and oxygen atoms in total. The third kappa shape index (κ3) is 4.63. The molecule has 0 aliphatic carbocycles. The molecule has 0 bridgehead atoms. The molecule has 2 aromatic carbocycles. The van der Waals surface area contributed by atoms with Gasteiger partial charge in [0.15, 0.2) is 0 Å². The summed E-state index contributed by atoms with van der Waals surface area (Å²) in [6.45, 7) is 1.37. The lowest BCUT2D eigenvalue weighted by Crippen LogP contribution is -2.22. The third-order valence-corrected chi connectivity index (χ3v) is 6.05. The molecule has 0 atom stereocenters. The molecule has 0 N–H and O–H groups in total. The molecule has 0 spiro atoms. The molecule has 0 saturated carbocycles. The van der Waals surface area contributed by atoms with Gasteiger partial charge >= 0.3 is 0 Å². The van der Waals surface area contributed by atoms with Crippen molar-refractivity contribution in [1.29, 1.82) is 0 Å². The van der Waals surface area contributed by atoms with Crippen LogP contribution in [0.3, 0.4) is 0 Å². The lowest BCUT2D eigenvalue weighted by molar-refractivity contribution is 0.319. The van der Waals surface area contributed by atoms with Crippen molar-refractivity contribution in [3.05, 3.63) is 78.1 Å². The Morgan fingerprint density at radius 3 is 2.33 bits per heavy atom. The fourth-order valence-corrected chi connectivity index (χ4v) is 3.83. The monoisotopic (exact) mass is 384 g/mol. The average Bonchev–Trinajstić information content (AvgIpc) is 3.11. The molecule has 0 unspecified atom stereocenters. The second-order valence-corrected chi connectivity index (χ2v) is 8.89. The van der Waals surface area contributed by atoms with Crippen LogP contribution in [0, 0.1) is 0 Å². The molecule has 142 valence electrons. The fraction of sp³-hybridized carbons (Fsp3) is 0.250. The first-order valence-electron chi connectivity index (χ1n) is 8.65. The van der Waals surface area contributed by atoms with Crippen molar-refractivity contribution in [2.45, 2.75) is 18.0 Å². The highest BCUT2D eigenvalue weighted by atomic mass is 32.2. The van der Waals surface area contributed by atoms with Crippen LogP contribution < -0.4 is 0 Å². The summed E-state index contributed by atoms with van der Waals surface area (Å²) < 4.78 is 27.7. The van der Waals surface area contributed by atoms with Crippen LogP contribution in [-0.2, 0) is 23.1 Å². The smallest absolute Gasteiger partial charge is 0.242 e. The molecule has 0 saturated heterocycles. The van der Waals surface area contributed by atoms with Gasteiger partial charge in [0.2, 0.25) is 10.0 Å². The van der Waals surface area contributed by atoms with E-state index in [1.165, 1.54) is 4.31 Å². The number of sulfonamides is 1. The first-order chi connectivity index (χ1) is 12.9. The highest BCUT2D eigenvalue weighted by Gasteiger charge is 2.17. The number of hydrogen-bond acceptors (Lipinski definition) is 4. The number of rotatable bonds is 7. The van der Waals surface area contributed by atoms with E-state index in [0.717, 1.165) is 23.4 Å². The molecular weight excluding hydrogens is 360 g/mol. The van der Waals surface area contributed by atoms with Gasteiger partial charge in [0.05, 0.1) is 16.8 Å². The summed E-state index contributed by atoms with van der Waals surface area (Å²) in [4.78, 5) is 2.45. The molecule has 0 aliphatic rings. The van der Waals surface area contributed by atoms with Crippen LogP contribution in [0.1, 0.15) is 11.1 Å². The van der Waals surface area contributed by atoms with Crippen molar-refractivity contribution in [3.8, 4) is 5.69 Å². The first-order valence-corrected chi connectivity index (χ1v) is 10.1. The van der Waals surface area contributed by atoms with Gasteiger partial charge in [-0.1, -0.05) is 30.3 Å². The normalized spacial score (nSPS) is 12.0. The maximum Gasteiger partial charge on any atom is 0.242 e. The zero-order valence-corrected chi connectivity index (χ0v) is 16.6. The SMILES string of the molecule is CN(Cc1cccc(S(=O)(=O)N(C)C)c1)Cc1cnn(-c2ccccc2)c1. The van der Waals surface area contributed by atoms with Gasteiger partial charge in [-0.15, -0.1) is 0 Å². The molecule has 1 heterocycles. The molecular formula is C20H24N4O2S. The standard InChI is InChI=1S/C20H24N4O2S/c1-22(2)27(25,26)20-11-7-8-17(12-20)14-23(3)15-18-13-21-24(16-18)19-9-5-4-6-10-19/h4-13,16H,14-15H2,1-3H3. The Balaban J connectivity index is 1.68. The van der Waals surface area contributed by atoms with E-state index in [4.69, 9.17) is 0 Å². The van der Waals surface area contributed by atoms with Crippen LogP contribution >= 0.6 is 0 Å². The van der Waals surface area contributed by atoms with Gasteiger partial charge in [-0.2, -0.15) is 5.10 Å². The minimum atomic E-state index is -3.42. The first kappa shape index (κ1) is 19.3. The van der Waals surface area contributed by atoms with E-state index in [1.54, 1.807) is 32.3 Å².